The molecule has 0 spiro atoms. The van der Waals surface area contributed by atoms with E-state index in [2.05, 4.69) is 4.98 Å². The summed E-state index contributed by atoms with van der Waals surface area (Å²) in [5.74, 6) is 0.773. The van der Waals surface area contributed by atoms with Crippen molar-refractivity contribution in [1.82, 2.24) is 9.88 Å². The quantitative estimate of drug-likeness (QED) is 0.865. The molecule has 5 heteroatoms. The number of rotatable bonds is 5. The zero-order chi connectivity index (χ0) is 13.1. The molecular weight excluding hydrogens is 232 g/mol. The van der Waals surface area contributed by atoms with Crippen molar-refractivity contribution in [3.05, 3.63) is 17.3 Å². The summed E-state index contributed by atoms with van der Waals surface area (Å²) in [7, 11) is 0. The fourth-order valence-electron chi connectivity index (χ4n) is 2.25. The lowest BCUT2D eigenvalue weighted by atomic mass is 9.91. The van der Waals surface area contributed by atoms with E-state index in [1.165, 1.54) is 6.42 Å². The molecule has 1 amide bonds. The Kier molecular flexibility index (Phi) is 4.01. The molecule has 1 aromatic heterocycles. The first-order valence-corrected chi connectivity index (χ1v) is 6.49. The summed E-state index contributed by atoms with van der Waals surface area (Å²) in [6.45, 7) is 4.21. The molecule has 0 unspecified atom stereocenters. The summed E-state index contributed by atoms with van der Waals surface area (Å²) in [5, 5.41) is 8.92. The van der Waals surface area contributed by atoms with E-state index < -0.39 is 0 Å². The van der Waals surface area contributed by atoms with E-state index in [4.69, 9.17) is 9.52 Å². The van der Waals surface area contributed by atoms with Gasteiger partial charge in [-0.05, 0) is 32.6 Å². The lowest BCUT2D eigenvalue weighted by Crippen LogP contribution is -2.45. The lowest BCUT2D eigenvalue weighted by molar-refractivity contribution is 0.0528. The van der Waals surface area contributed by atoms with E-state index in [0.29, 0.717) is 36.4 Å². The van der Waals surface area contributed by atoms with Crippen molar-refractivity contribution in [2.75, 3.05) is 13.2 Å². The smallest absolute Gasteiger partial charge is 0.291 e. The highest BCUT2D eigenvalue weighted by molar-refractivity contribution is 5.92. The topological polar surface area (TPSA) is 66.6 Å². The number of nitrogens with zero attached hydrogens (tertiary/aromatic N) is 2. The van der Waals surface area contributed by atoms with Gasteiger partial charge in [-0.25, -0.2) is 4.98 Å². The normalized spacial score (nSPS) is 15.5. The van der Waals surface area contributed by atoms with Gasteiger partial charge in [0.1, 0.15) is 0 Å². The second kappa shape index (κ2) is 5.52. The van der Waals surface area contributed by atoms with Gasteiger partial charge in [0.05, 0.1) is 5.69 Å². The molecule has 1 N–H and O–H groups in total. The zero-order valence-corrected chi connectivity index (χ0v) is 11.0. The molecule has 1 heterocycles. The van der Waals surface area contributed by atoms with Crippen molar-refractivity contribution < 1.29 is 14.3 Å². The molecule has 0 bridgehead atoms. The number of hydrogen-bond donors (Lipinski definition) is 1. The van der Waals surface area contributed by atoms with Crippen LogP contribution in [0.15, 0.2) is 4.42 Å². The van der Waals surface area contributed by atoms with Crippen LogP contribution in [0.2, 0.25) is 0 Å². The maximum Gasteiger partial charge on any atom is 0.291 e. The molecule has 1 aliphatic carbocycles. The van der Waals surface area contributed by atoms with Crippen LogP contribution in [0.5, 0.6) is 0 Å². The van der Waals surface area contributed by atoms with Gasteiger partial charge in [0.25, 0.3) is 5.91 Å². The summed E-state index contributed by atoms with van der Waals surface area (Å²) in [6.07, 6.45) is 3.86. The Balaban J connectivity index is 2.13. The Bertz CT molecular complexity index is 424. The van der Waals surface area contributed by atoms with Crippen molar-refractivity contribution in [1.29, 1.82) is 0 Å². The second-order valence-corrected chi connectivity index (χ2v) is 4.81. The number of oxazole rings is 1. The molecule has 1 aliphatic rings. The summed E-state index contributed by atoms with van der Waals surface area (Å²) >= 11 is 0. The van der Waals surface area contributed by atoms with E-state index in [1.54, 1.807) is 13.8 Å². The summed E-state index contributed by atoms with van der Waals surface area (Å²) in [6, 6.07) is 0.300. The first-order valence-electron chi connectivity index (χ1n) is 6.49. The monoisotopic (exact) mass is 252 g/mol. The van der Waals surface area contributed by atoms with Crippen LogP contribution in [-0.2, 0) is 0 Å². The number of aromatic nitrogens is 1. The van der Waals surface area contributed by atoms with Crippen LogP contribution in [0, 0.1) is 13.8 Å². The van der Waals surface area contributed by atoms with E-state index in [1.807, 2.05) is 4.90 Å². The highest BCUT2D eigenvalue weighted by Crippen LogP contribution is 2.27. The minimum Gasteiger partial charge on any atom is -0.436 e. The molecule has 1 fully saturated rings. The highest BCUT2D eigenvalue weighted by Gasteiger charge is 2.31. The number of carbonyl (C=O) groups is 1. The predicted octanol–water partition coefficient (Wildman–Crippen LogP) is 1.67. The van der Waals surface area contributed by atoms with Gasteiger partial charge in [0.2, 0.25) is 5.76 Å². The van der Waals surface area contributed by atoms with Crippen LogP contribution in [0.4, 0.5) is 0 Å². The first kappa shape index (κ1) is 13.1. The first-order chi connectivity index (χ1) is 8.63. The molecule has 100 valence electrons. The third kappa shape index (κ3) is 2.56. The van der Waals surface area contributed by atoms with Crippen LogP contribution < -0.4 is 0 Å². The Morgan fingerprint density at radius 2 is 2.22 bits per heavy atom. The Hall–Kier alpha value is -1.36. The molecule has 0 radical (unpaired) electrons. The van der Waals surface area contributed by atoms with E-state index in [-0.39, 0.29) is 12.5 Å². The number of aliphatic hydroxyl groups excluding tert-OH is 1. The molecule has 18 heavy (non-hydrogen) atoms. The van der Waals surface area contributed by atoms with Gasteiger partial charge in [-0.1, -0.05) is 0 Å². The Morgan fingerprint density at radius 3 is 2.67 bits per heavy atom. The van der Waals surface area contributed by atoms with Gasteiger partial charge in [0, 0.05) is 26.1 Å². The standard InChI is InChI=1S/C13H20N2O3/c1-9-12(18-10(2)14-9)13(17)15(7-4-8-16)11-5-3-6-11/h11,16H,3-8H2,1-2H3. The van der Waals surface area contributed by atoms with Crippen molar-refractivity contribution in [3.8, 4) is 0 Å². The molecule has 2 rings (SSSR count). The van der Waals surface area contributed by atoms with Crippen LogP contribution in [0.3, 0.4) is 0 Å². The van der Waals surface area contributed by atoms with Crippen LogP contribution in [0.1, 0.15) is 47.8 Å². The number of hydrogen-bond acceptors (Lipinski definition) is 4. The highest BCUT2D eigenvalue weighted by atomic mass is 16.4. The Morgan fingerprint density at radius 1 is 1.50 bits per heavy atom. The third-order valence-corrected chi connectivity index (χ3v) is 3.43. The molecule has 1 aromatic rings. The third-order valence-electron chi connectivity index (χ3n) is 3.43. The molecule has 1 saturated carbocycles. The molecule has 5 nitrogen and oxygen atoms in total. The van der Waals surface area contributed by atoms with Gasteiger partial charge in [-0.2, -0.15) is 0 Å². The Labute approximate surface area is 107 Å². The fraction of sp³-hybridized carbons (Fsp3) is 0.692. The number of aryl methyl sites for hydroxylation is 2. The number of carbonyl (C=O) groups excluding carboxylic acids is 1. The summed E-state index contributed by atoms with van der Waals surface area (Å²) in [5.41, 5.74) is 0.644. The summed E-state index contributed by atoms with van der Waals surface area (Å²) < 4.78 is 5.39. The van der Waals surface area contributed by atoms with Gasteiger partial charge in [-0.15, -0.1) is 0 Å². The second-order valence-electron chi connectivity index (χ2n) is 4.81. The number of amides is 1. The maximum atomic E-state index is 12.4. The van der Waals surface area contributed by atoms with Gasteiger partial charge < -0.3 is 14.4 Å². The zero-order valence-electron chi connectivity index (χ0n) is 11.0. The minimum absolute atomic E-state index is 0.0914. The van der Waals surface area contributed by atoms with Crippen molar-refractivity contribution in [2.24, 2.45) is 0 Å². The van der Waals surface area contributed by atoms with E-state index in [0.717, 1.165) is 12.8 Å². The SMILES string of the molecule is Cc1nc(C)c(C(=O)N(CCCO)C2CCC2)o1. The number of aliphatic hydroxyl groups is 1. The maximum absolute atomic E-state index is 12.4. The molecule has 0 atom stereocenters. The molecule has 0 aromatic carbocycles. The van der Waals surface area contributed by atoms with Gasteiger partial charge in [-0.3, -0.25) is 4.79 Å². The van der Waals surface area contributed by atoms with Crippen molar-refractivity contribution in [3.63, 3.8) is 0 Å². The fourth-order valence-corrected chi connectivity index (χ4v) is 2.25. The predicted molar refractivity (Wildman–Crippen MR) is 66.4 cm³/mol. The van der Waals surface area contributed by atoms with Crippen LogP contribution >= 0.6 is 0 Å². The summed E-state index contributed by atoms with van der Waals surface area (Å²) in [4.78, 5) is 18.4. The van der Waals surface area contributed by atoms with E-state index >= 15 is 0 Å². The average Bonchev–Trinajstić information content (AvgIpc) is 2.60. The van der Waals surface area contributed by atoms with Crippen molar-refractivity contribution >= 4 is 5.91 Å². The van der Waals surface area contributed by atoms with Crippen molar-refractivity contribution in [2.45, 2.75) is 45.6 Å². The average molecular weight is 252 g/mol. The molecule has 0 aliphatic heterocycles. The van der Waals surface area contributed by atoms with Crippen LogP contribution in [0.25, 0.3) is 0 Å². The van der Waals surface area contributed by atoms with E-state index in [9.17, 15) is 4.79 Å². The minimum atomic E-state index is -0.0914. The largest absolute Gasteiger partial charge is 0.436 e. The molecule has 0 saturated heterocycles. The van der Waals surface area contributed by atoms with Gasteiger partial charge >= 0.3 is 0 Å². The lowest BCUT2D eigenvalue weighted by Gasteiger charge is -2.37. The van der Waals surface area contributed by atoms with Crippen LogP contribution in [-0.4, -0.2) is 40.1 Å². The molecular formula is C13H20N2O3. The van der Waals surface area contributed by atoms with Gasteiger partial charge in [0.15, 0.2) is 5.89 Å².